The summed E-state index contributed by atoms with van der Waals surface area (Å²) < 4.78 is 71.6. The van der Waals surface area contributed by atoms with Gasteiger partial charge >= 0.3 is 0 Å². The van der Waals surface area contributed by atoms with Gasteiger partial charge in [-0.05, 0) is 48.6 Å². The van der Waals surface area contributed by atoms with Crippen molar-refractivity contribution in [2.45, 2.75) is 53.7 Å². The predicted octanol–water partition coefficient (Wildman–Crippen LogP) is 3.80. The number of benzene rings is 2. The monoisotopic (exact) mass is 488 g/mol. The fraction of sp³-hybridized carbons (Fsp3) is 0.292. The highest BCUT2D eigenvalue weighted by Crippen LogP contribution is 2.38. The lowest BCUT2D eigenvalue weighted by molar-refractivity contribution is 0.549. The fourth-order valence-electron chi connectivity index (χ4n) is 4.18. The smallest absolute Gasteiger partial charge is 0.241 e. The van der Waals surface area contributed by atoms with Crippen LogP contribution in [0.15, 0.2) is 69.4 Å². The minimum Gasteiger partial charge on any atom is -0.261 e. The molecule has 0 fully saturated rings. The van der Waals surface area contributed by atoms with Gasteiger partial charge in [-0.15, -0.1) is 0 Å². The second-order valence-corrected chi connectivity index (χ2v) is 11.9. The molecule has 0 spiro atoms. The number of hydrogen-bond donors (Lipinski definition) is 1. The van der Waals surface area contributed by atoms with E-state index in [9.17, 15) is 16.8 Å². The molecule has 0 bridgehead atoms. The maximum atomic E-state index is 15.8. The third-order valence-electron chi connectivity index (χ3n) is 5.79. The average Bonchev–Trinajstić information content (AvgIpc) is 2.89. The number of rotatable bonds is 6. The fourth-order valence-corrected chi connectivity index (χ4v) is 7.47. The van der Waals surface area contributed by atoms with Gasteiger partial charge in [0.1, 0.15) is 5.82 Å². The first-order valence-corrected chi connectivity index (χ1v) is 13.7. The van der Waals surface area contributed by atoms with E-state index in [1.807, 2.05) is 0 Å². The Morgan fingerprint density at radius 2 is 1.79 bits per heavy atom. The maximum Gasteiger partial charge on any atom is 0.241 e. The zero-order valence-corrected chi connectivity index (χ0v) is 20.0. The van der Waals surface area contributed by atoms with Crippen molar-refractivity contribution in [1.29, 1.82) is 0 Å². The summed E-state index contributed by atoms with van der Waals surface area (Å²) in [6, 6.07) is 13.0. The Morgan fingerprint density at radius 1 is 1.06 bits per heavy atom. The standard InChI is InChI=1S/C24H25FN2O4S2/c1-16(2)23-22(33(30,31)27-14-12-18-8-5-6-13-26-18)15-21-19(24(23)25)11-10-17-7-3-4-9-20(17)32(21,28)29/h3-9,13,15-16,27H,10-12,14H2,1-2H3. The molecule has 33 heavy (non-hydrogen) atoms. The van der Waals surface area contributed by atoms with E-state index in [0.717, 1.165) is 6.07 Å². The van der Waals surface area contributed by atoms with Gasteiger partial charge in [0.25, 0.3) is 0 Å². The minimum absolute atomic E-state index is 0.000224. The number of hydrogen-bond acceptors (Lipinski definition) is 5. The van der Waals surface area contributed by atoms with Crippen molar-refractivity contribution >= 4 is 19.9 Å². The number of halogens is 1. The Morgan fingerprint density at radius 3 is 2.48 bits per heavy atom. The molecule has 0 atom stereocenters. The summed E-state index contributed by atoms with van der Waals surface area (Å²) in [6.45, 7) is 3.43. The molecule has 0 unspecified atom stereocenters. The van der Waals surface area contributed by atoms with Crippen molar-refractivity contribution in [2.24, 2.45) is 0 Å². The van der Waals surface area contributed by atoms with Crippen molar-refractivity contribution in [3.05, 3.63) is 82.9 Å². The summed E-state index contributed by atoms with van der Waals surface area (Å²) in [7, 11) is -8.28. The molecule has 174 valence electrons. The quantitative estimate of drug-likeness (QED) is 0.570. The molecular formula is C24H25FN2O4S2. The van der Waals surface area contributed by atoms with Crippen LogP contribution in [0.5, 0.6) is 0 Å². The van der Waals surface area contributed by atoms with Crippen molar-refractivity contribution in [2.75, 3.05) is 6.54 Å². The molecule has 1 aliphatic heterocycles. The summed E-state index contributed by atoms with van der Waals surface area (Å²) >= 11 is 0. The zero-order valence-electron chi connectivity index (χ0n) is 18.4. The minimum atomic E-state index is -4.18. The molecule has 2 heterocycles. The number of nitrogens with one attached hydrogen (secondary N) is 1. The summed E-state index contributed by atoms with van der Waals surface area (Å²) in [4.78, 5) is 3.64. The molecule has 4 rings (SSSR count). The largest absolute Gasteiger partial charge is 0.261 e. The van der Waals surface area contributed by atoms with Crippen LogP contribution < -0.4 is 4.72 Å². The van der Waals surface area contributed by atoms with Gasteiger partial charge in [-0.3, -0.25) is 4.98 Å². The van der Waals surface area contributed by atoms with E-state index in [-0.39, 0.29) is 38.8 Å². The number of aryl methyl sites for hydroxylation is 1. The SMILES string of the molecule is CC(C)c1c(S(=O)(=O)NCCc2ccccn2)cc2c(c1F)CCc1ccccc1S2(=O)=O. The van der Waals surface area contributed by atoms with Crippen LogP contribution in [-0.4, -0.2) is 28.4 Å². The lowest BCUT2D eigenvalue weighted by Crippen LogP contribution is -2.28. The molecule has 0 aliphatic carbocycles. The van der Waals surface area contributed by atoms with Crippen LogP contribution in [0.3, 0.4) is 0 Å². The highest BCUT2D eigenvalue weighted by Gasteiger charge is 2.34. The predicted molar refractivity (Wildman–Crippen MR) is 123 cm³/mol. The topological polar surface area (TPSA) is 93.2 Å². The molecule has 0 amide bonds. The Labute approximate surface area is 193 Å². The van der Waals surface area contributed by atoms with Gasteiger partial charge in [-0.2, -0.15) is 0 Å². The van der Waals surface area contributed by atoms with E-state index in [1.54, 1.807) is 56.4 Å². The Kier molecular flexibility index (Phi) is 6.39. The van der Waals surface area contributed by atoms with Crippen LogP contribution in [0.2, 0.25) is 0 Å². The van der Waals surface area contributed by atoms with Gasteiger partial charge in [0.15, 0.2) is 0 Å². The molecule has 1 N–H and O–H groups in total. The van der Waals surface area contributed by atoms with Crippen LogP contribution in [0.1, 0.15) is 42.1 Å². The molecule has 6 nitrogen and oxygen atoms in total. The normalized spacial score (nSPS) is 15.0. The van der Waals surface area contributed by atoms with Crippen molar-refractivity contribution in [1.82, 2.24) is 9.71 Å². The molecule has 0 saturated heterocycles. The Balaban J connectivity index is 1.81. The van der Waals surface area contributed by atoms with Gasteiger partial charge < -0.3 is 0 Å². The molecule has 3 aromatic rings. The van der Waals surface area contributed by atoms with Gasteiger partial charge in [0.2, 0.25) is 19.9 Å². The molecule has 2 aromatic carbocycles. The summed E-state index contributed by atoms with van der Waals surface area (Å²) in [5.41, 5.74) is 1.34. The van der Waals surface area contributed by atoms with Crippen LogP contribution in [0.25, 0.3) is 0 Å². The molecular weight excluding hydrogens is 463 g/mol. The number of pyridine rings is 1. The van der Waals surface area contributed by atoms with E-state index in [4.69, 9.17) is 0 Å². The van der Waals surface area contributed by atoms with E-state index in [2.05, 4.69) is 9.71 Å². The number of aromatic nitrogens is 1. The van der Waals surface area contributed by atoms with Crippen molar-refractivity contribution in [3.8, 4) is 0 Å². The lowest BCUT2D eigenvalue weighted by atomic mass is 9.96. The number of sulfone groups is 1. The first kappa shape index (κ1) is 23.5. The Bertz CT molecular complexity index is 1400. The first-order chi connectivity index (χ1) is 15.6. The van der Waals surface area contributed by atoms with E-state index < -0.39 is 31.6 Å². The van der Waals surface area contributed by atoms with Gasteiger partial charge in [-0.25, -0.2) is 25.9 Å². The molecule has 1 aromatic heterocycles. The number of nitrogens with zero attached hydrogens (tertiary/aromatic N) is 1. The van der Waals surface area contributed by atoms with Gasteiger partial charge in [0.05, 0.1) is 14.7 Å². The maximum absolute atomic E-state index is 15.8. The average molecular weight is 489 g/mol. The van der Waals surface area contributed by atoms with Crippen LogP contribution in [-0.2, 0) is 39.1 Å². The Hall–Kier alpha value is -2.62. The van der Waals surface area contributed by atoms with E-state index in [0.29, 0.717) is 24.1 Å². The van der Waals surface area contributed by atoms with E-state index >= 15 is 4.39 Å². The van der Waals surface area contributed by atoms with Crippen molar-refractivity contribution in [3.63, 3.8) is 0 Å². The van der Waals surface area contributed by atoms with Crippen molar-refractivity contribution < 1.29 is 21.2 Å². The number of sulfonamides is 1. The van der Waals surface area contributed by atoms with E-state index in [1.165, 1.54) is 6.07 Å². The molecule has 9 heteroatoms. The van der Waals surface area contributed by atoms with Gasteiger partial charge in [-0.1, -0.05) is 38.1 Å². The van der Waals surface area contributed by atoms with Crippen LogP contribution in [0, 0.1) is 5.82 Å². The molecule has 0 radical (unpaired) electrons. The van der Waals surface area contributed by atoms with Crippen LogP contribution in [0.4, 0.5) is 4.39 Å². The lowest BCUT2D eigenvalue weighted by Gasteiger charge is -2.19. The highest BCUT2D eigenvalue weighted by molar-refractivity contribution is 7.92. The number of fused-ring (bicyclic) bond motifs is 2. The zero-order chi connectivity index (χ0) is 23.8. The molecule has 0 saturated carbocycles. The third kappa shape index (κ3) is 4.45. The summed E-state index contributed by atoms with van der Waals surface area (Å²) in [5, 5.41) is 0. The first-order valence-electron chi connectivity index (χ1n) is 10.7. The second kappa shape index (κ2) is 8.96. The second-order valence-electron chi connectivity index (χ2n) is 8.31. The van der Waals surface area contributed by atoms with Crippen LogP contribution >= 0.6 is 0 Å². The highest BCUT2D eigenvalue weighted by atomic mass is 32.2. The molecule has 1 aliphatic rings. The summed E-state index contributed by atoms with van der Waals surface area (Å²) in [5.74, 6) is -1.23. The third-order valence-corrected chi connectivity index (χ3v) is 9.21. The van der Waals surface area contributed by atoms with Gasteiger partial charge in [0, 0.05) is 36.0 Å². The summed E-state index contributed by atoms with van der Waals surface area (Å²) in [6.07, 6.45) is 2.48.